The maximum absolute atomic E-state index is 14.4. The van der Waals surface area contributed by atoms with Gasteiger partial charge in [-0.1, -0.05) is 0 Å². The van der Waals surface area contributed by atoms with Gasteiger partial charge < -0.3 is 9.64 Å². The Balaban J connectivity index is 1.63. The Bertz CT molecular complexity index is 1020. The van der Waals surface area contributed by atoms with E-state index in [9.17, 15) is 17.6 Å². The lowest BCUT2D eigenvalue weighted by Crippen LogP contribution is -2.41. The molecule has 1 atom stereocenters. The monoisotopic (exact) mass is 438 g/mol. The van der Waals surface area contributed by atoms with Gasteiger partial charge in [-0.05, 0) is 50.1 Å². The van der Waals surface area contributed by atoms with Gasteiger partial charge in [0.1, 0.15) is 10.7 Å². The number of morpholine rings is 1. The van der Waals surface area contributed by atoms with Gasteiger partial charge in [-0.25, -0.2) is 12.8 Å². The van der Waals surface area contributed by atoms with Gasteiger partial charge >= 0.3 is 0 Å². The number of nitrogens with zero attached hydrogens (tertiary/aromatic N) is 2. The minimum Gasteiger partial charge on any atom is -0.379 e. The number of hydrogen-bond donors (Lipinski definition) is 0. The molecule has 1 amide bonds. The van der Waals surface area contributed by atoms with Crippen molar-refractivity contribution in [2.24, 2.45) is 0 Å². The van der Waals surface area contributed by atoms with Gasteiger partial charge in [0.05, 0.1) is 19.3 Å². The van der Waals surface area contributed by atoms with Crippen molar-refractivity contribution >= 4 is 27.3 Å². The summed E-state index contributed by atoms with van der Waals surface area (Å²) in [5.74, 6) is -1.11. The van der Waals surface area contributed by atoms with Crippen molar-refractivity contribution in [1.82, 2.24) is 9.21 Å². The average Bonchev–Trinajstić information content (AvgIpc) is 3.37. The van der Waals surface area contributed by atoms with Crippen LogP contribution in [0.25, 0.3) is 0 Å². The smallest absolute Gasteiger partial charge is 0.254 e. The molecule has 0 N–H and O–H groups in total. The highest BCUT2D eigenvalue weighted by Gasteiger charge is 2.34. The molecular weight excluding hydrogens is 415 g/mol. The van der Waals surface area contributed by atoms with Gasteiger partial charge in [0.15, 0.2) is 0 Å². The minimum atomic E-state index is -4.02. The van der Waals surface area contributed by atoms with E-state index in [4.69, 9.17) is 4.74 Å². The number of likely N-dealkylation sites (tertiary alicyclic amines) is 1. The fourth-order valence-electron chi connectivity index (χ4n) is 3.86. The number of aryl methyl sites for hydroxylation is 1. The quantitative estimate of drug-likeness (QED) is 0.735. The van der Waals surface area contributed by atoms with Gasteiger partial charge in [-0.15, -0.1) is 11.3 Å². The molecule has 6 nitrogen and oxygen atoms in total. The van der Waals surface area contributed by atoms with E-state index in [-0.39, 0.29) is 43.8 Å². The SMILES string of the molecule is Cc1ccc(C2CCCN2C(=O)c2ccc(F)c(S(=O)(=O)N3CCOCC3)c2)s1. The molecule has 0 bridgehead atoms. The van der Waals surface area contributed by atoms with Crippen molar-refractivity contribution in [2.75, 3.05) is 32.8 Å². The van der Waals surface area contributed by atoms with E-state index in [1.54, 1.807) is 16.2 Å². The fourth-order valence-corrected chi connectivity index (χ4v) is 6.39. The summed E-state index contributed by atoms with van der Waals surface area (Å²) in [4.78, 5) is 16.8. The van der Waals surface area contributed by atoms with Crippen molar-refractivity contribution in [1.29, 1.82) is 0 Å². The van der Waals surface area contributed by atoms with Crippen LogP contribution >= 0.6 is 11.3 Å². The lowest BCUT2D eigenvalue weighted by atomic mass is 10.1. The predicted molar refractivity (Wildman–Crippen MR) is 108 cm³/mol. The molecule has 9 heteroatoms. The van der Waals surface area contributed by atoms with E-state index < -0.39 is 20.7 Å². The van der Waals surface area contributed by atoms with Crippen molar-refractivity contribution < 1.29 is 22.3 Å². The number of carbonyl (C=O) groups is 1. The maximum atomic E-state index is 14.4. The van der Waals surface area contributed by atoms with Crippen LogP contribution in [0.5, 0.6) is 0 Å². The largest absolute Gasteiger partial charge is 0.379 e. The van der Waals surface area contributed by atoms with Crippen LogP contribution in [0, 0.1) is 12.7 Å². The van der Waals surface area contributed by atoms with Crippen molar-refractivity contribution in [3.63, 3.8) is 0 Å². The molecule has 3 heterocycles. The molecule has 0 radical (unpaired) electrons. The first-order chi connectivity index (χ1) is 13.9. The van der Waals surface area contributed by atoms with E-state index in [1.807, 2.05) is 19.1 Å². The summed E-state index contributed by atoms with van der Waals surface area (Å²) in [7, 11) is -4.02. The highest BCUT2D eigenvalue weighted by atomic mass is 32.2. The summed E-state index contributed by atoms with van der Waals surface area (Å²) >= 11 is 1.66. The van der Waals surface area contributed by atoms with E-state index >= 15 is 0 Å². The summed E-state index contributed by atoms with van der Waals surface area (Å²) in [6, 6.07) is 7.66. The van der Waals surface area contributed by atoms with E-state index in [2.05, 4.69) is 0 Å². The Morgan fingerprint density at radius 3 is 2.62 bits per heavy atom. The van der Waals surface area contributed by atoms with Gasteiger partial charge in [0, 0.05) is 35.0 Å². The summed E-state index contributed by atoms with van der Waals surface area (Å²) in [5.41, 5.74) is 0.193. The maximum Gasteiger partial charge on any atom is 0.254 e. The number of hydrogen-bond acceptors (Lipinski definition) is 5. The second-order valence-corrected chi connectivity index (χ2v) is 10.5. The molecular formula is C20H23FN2O4S2. The van der Waals surface area contributed by atoms with Crippen LogP contribution in [-0.2, 0) is 14.8 Å². The third-order valence-electron chi connectivity index (χ3n) is 5.37. The van der Waals surface area contributed by atoms with Crippen LogP contribution < -0.4 is 0 Å². The topological polar surface area (TPSA) is 66.9 Å². The van der Waals surface area contributed by atoms with Crippen LogP contribution in [0.15, 0.2) is 35.2 Å². The van der Waals surface area contributed by atoms with Crippen LogP contribution in [0.3, 0.4) is 0 Å². The van der Waals surface area contributed by atoms with Crippen LogP contribution in [0.4, 0.5) is 4.39 Å². The molecule has 2 saturated heterocycles. The molecule has 2 aliphatic heterocycles. The number of ether oxygens (including phenoxy) is 1. The zero-order valence-electron chi connectivity index (χ0n) is 16.1. The van der Waals surface area contributed by atoms with E-state index in [0.29, 0.717) is 6.54 Å². The summed E-state index contributed by atoms with van der Waals surface area (Å²) < 4.78 is 46.6. The Hall–Kier alpha value is -1.81. The van der Waals surface area contributed by atoms with E-state index in [1.165, 1.54) is 21.3 Å². The van der Waals surface area contributed by atoms with Crippen molar-refractivity contribution in [3.05, 3.63) is 51.5 Å². The molecule has 0 aliphatic carbocycles. The Morgan fingerprint density at radius 2 is 1.93 bits per heavy atom. The first kappa shape index (κ1) is 20.5. The predicted octanol–water partition coefficient (Wildman–Crippen LogP) is 3.19. The zero-order valence-corrected chi connectivity index (χ0v) is 17.8. The zero-order chi connectivity index (χ0) is 20.6. The Labute approximate surface area is 173 Å². The first-order valence-corrected chi connectivity index (χ1v) is 11.9. The minimum absolute atomic E-state index is 0.0226. The highest BCUT2D eigenvalue weighted by Crippen LogP contribution is 2.37. The summed E-state index contributed by atoms with van der Waals surface area (Å²) in [6.07, 6.45) is 1.75. The molecule has 2 aromatic rings. The summed E-state index contributed by atoms with van der Waals surface area (Å²) in [6.45, 7) is 3.52. The number of rotatable bonds is 4. The number of benzene rings is 1. The summed E-state index contributed by atoms with van der Waals surface area (Å²) in [5, 5.41) is 0. The molecule has 1 aromatic carbocycles. The van der Waals surface area contributed by atoms with Crippen LogP contribution in [0.1, 0.15) is 39.0 Å². The number of amides is 1. The van der Waals surface area contributed by atoms with E-state index in [0.717, 1.165) is 23.8 Å². The molecule has 156 valence electrons. The highest BCUT2D eigenvalue weighted by molar-refractivity contribution is 7.89. The fraction of sp³-hybridized carbons (Fsp3) is 0.450. The normalized spacial score (nSPS) is 20.9. The second kappa shape index (κ2) is 8.14. The standard InChI is InChI=1S/C20H23FN2O4S2/c1-14-4-7-18(28-14)17-3-2-8-23(17)20(24)15-5-6-16(21)19(13-15)29(25,26)22-9-11-27-12-10-22/h4-7,13,17H,2-3,8-12H2,1H3. The van der Waals surface area contributed by atoms with Crippen LogP contribution in [-0.4, -0.2) is 56.4 Å². The number of sulfonamides is 1. The number of thiophene rings is 1. The first-order valence-electron chi connectivity index (χ1n) is 9.62. The van der Waals surface area contributed by atoms with Gasteiger partial charge in [0.2, 0.25) is 10.0 Å². The Kier molecular flexibility index (Phi) is 5.74. The molecule has 29 heavy (non-hydrogen) atoms. The second-order valence-electron chi connectivity index (χ2n) is 7.27. The molecule has 1 unspecified atom stereocenters. The average molecular weight is 439 g/mol. The lowest BCUT2D eigenvalue weighted by Gasteiger charge is -2.27. The third-order valence-corrected chi connectivity index (χ3v) is 8.38. The van der Waals surface area contributed by atoms with Crippen molar-refractivity contribution in [2.45, 2.75) is 30.7 Å². The molecule has 2 aliphatic rings. The lowest BCUT2D eigenvalue weighted by molar-refractivity contribution is 0.0727. The van der Waals surface area contributed by atoms with Crippen LogP contribution in [0.2, 0.25) is 0 Å². The van der Waals surface area contributed by atoms with Gasteiger partial charge in [-0.2, -0.15) is 4.31 Å². The molecule has 2 fully saturated rings. The van der Waals surface area contributed by atoms with Gasteiger partial charge in [0.25, 0.3) is 5.91 Å². The molecule has 1 aromatic heterocycles. The Morgan fingerprint density at radius 1 is 1.17 bits per heavy atom. The number of carbonyl (C=O) groups excluding carboxylic acids is 1. The third kappa shape index (κ3) is 3.96. The molecule has 0 saturated carbocycles. The van der Waals surface area contributed by atoms with Crippen molar-refractivity contribution in [3.8, 4) is 0 Å². The number of halogens is 1. The molecule has 4 rings (SSSR count). The van der Waals surface area contributed by atoms with Gasteiger partial charge in [-0.3, -0.25) is 4.79 Å². The molecule has 0 spiro atoms.